The van der Waals surface area contributed by atoms with Gasteiger partial charge in [-0.1, -0.05) is 12.1 Å². The average Bonchev–Trinajstić information content (AvgIpc) is 2.73. The molecule has 1 heterocycles. The third-order valence-electron chi connectivity index (χ3n) is 4.35. The predicted octanol–water partition coefficient (Wildman–Crippen LogP) is 2.45. The molecule has 29 heavy (non-hydrogen) atoms. The first kappa shape index (κ1) is 20.2. The molecular formula is C21H22N2O6. The Morgan fingerprint density at radius 1 is 1.24 bits per heavy atom. The van der Waals surface area contributed by atoms with Crippen molar-refractivity contribution in [1.82, 2.24) is 5.32 Å². The number of hydrogen-bond acceptors (Lipinski definition) is 6. The van der Waals surface area contributed by atoms with Crippen LogP contribution in [0.15, 0.2) is 42.5 Å². The van der Waals surface area contributed by atoms with Gasteiger partial charge >= 0.3 is 5.97 Å². The van der Waals surface area contributed by atoms with E-state index in [1.807, 2.05) is 0 Å². The Labute approximate surface area is 168 Å². The quantitative estimate of drug-likeness (QED) is 0.695. The van der Waals surface area contributed by atoms with Gasteiger partial charge in [0.1, 0.15) is 11.5 Å². The van der Waals surface area contributed by atoms with Crippen LogP contribution in [0.5, 0.6) is 11.5 Å². The summed E-state index contributed by atoms with van der Waals surface area (Å²) >= 11 is 0. The molecule has 2 N–H and O–H groups in total. The lowest BCUT2D eigenvalue weighted by molar-refractivity contribution is -0.143. The van der Waals surface area contributed by atoms with Gasteiger partial charge in [0.2, 0.25) is 0 Å². The molecule has 2 aromatic rings. The Morgan fingerprint density at radius 2 is 2.07 bits per heavy atom. The van der Waals surface area contributed by atoms with Crippen molar-refractivity contribution in [2.24, 2.45) is 0 Å². The number of methoxy groups -OCH3 is 1. The van der Waals surface area contributed by atoms with Crippen molar-refractivity contribution < 1.29 is 28.6 Å². The molecule has 3 rings (SSSR count). The summed E-state index contributed by atoms with van der Waals surface area (Å²) in [5.41, 5.74) is 1.57. The Morgan fingerprint density at radius 3 is 2.83 bits per heavy atom. The molecule has 0 saturated heterocycles. The highest BCUT2D eigenvalue weighted by atomic mass is 16.5. The van der Waals surface area contributed by atoms with Crippen LogP contribution >= 0.6 is 0 Å². The lowest BCUT2D eigenvalue weighted by atomic mass is 10.0. The number of rotatable bonds is 7. The molecule has 2 aromatic carbocycles. The summed E-state index contributed by atoms with van der Waals surface area (Å²) in [6.45, 7) is 1.88. The maximum atomic E-state index is 12.8. The van der Waals surface area contributed by atoms with Gasteiger partial charge in [-0.15, -0.1) is 0 Å². The summed E-state index contributed by atoms with van der Waals surface area (Å²) < 4.78 is 15.6. The minimum atomic E-state index is -0.603. The van der Waals surface area contributed by atoms with Gasteiger partial charge in [0.15, 0.2) is 6.61 Å². The molecular weight excluding hydrogens is 376 g/mol. The van der Waals surface area contributed by atoms with E-state index in [-0.39, 0.29) is 31.4 Å². The number of amides is 2. The normalized spacial score (nSPS) is 13.4. The zero-order valence-corrected chi connectivity index (χ0v) is 16.2. The molecule has 0 spiro atoms. The van der Waals surface area contributed by atoms with E-state index >= 15 is 0 Å². The van der Waals surface area contributed by atoms with Crippen molar-refractivity contribution in [1.29, 1.82) is 0 Å². The lowest BCUT2D eigenvalue weighted by Gasteiger charge is -2.21. The smallest absolute Gasteiger partial charge is 0.308 e. The van der Waals surface area contributed by atoms with Crippen LogP contribution in [0, 0.1) is 0 Å². The summed E-state index contributed by atoms with van der Waals surface area (Å²) in [4.78, 5) is 36.3. The number of anilines is 1. The van der Waals surface area contributed by atoms with Crippen molar-refractivity contribution in [3.8, 4) is 11.5 Å². The van der Waals surface area contributed by atoms with E-state index < -0.39 is 12.0 Å². The van der Waals surface area contributed by atoms with Crippen LogP contribution in [-0.2, 0) is 14.3 Å². The fourth-order valence-corrected chi connectivity index (χ4v) is 2.95. The molecule has 0 unspecified atom stereocenters. The molecule has 0 bridgehead atoms. The lowest BCUT2D eigenvalue weighted by Crippen LogP contribution is -2.31. The highest BCUT2D eigenvalue weighted by molar-refractivity contribution is 5.99. The molecule has 152 valence electrons. The third-order valence-corrected chi connectivity index (χ3v) is 4.35. The molecule has 0 aromatic heterocycles. The summed E-state index contributed by atoms with van der Waals surface area (Å²) in [5, 5.41) is 5.54. The number of carbonyl (C=O) groups is 3. The van der Waals surface area contributed by atoms with E-state index in [4.69, 9.17) is 14.2 Å². The monoisotopic (exact) mass is 398 g/mol. The van der Waals surface area contributed by atoms with Crippen LogP contribution in [0.3, 0.4) is 0 Å². The van der Waals surface area contributed by atoms with Gasteiger partial charge in [-0.05, 0) is 42.8 Å². The Kier molecular flexibility index (Phi) is 6.33. The third kappa shape index (κ3) is 5.04. The molecule has 1 aliphatic rings. The molecule has 2 amide bonds. The average molecular weight is 398 g/mol. The number of benzene rings is 2. The Balaban J connectivity index is 1.81. The van der Waals surface area contributed by atoms with Crippen LogP contribution in [0.1, 0.15) is 35.3 Å². The van der Waals surface area contributed by atoms with Gasteiger partial charge in [-0.25, -0.2) is 0 Å². The van der Waals surface area contributed by atoms with Crippen molar-refractivity contribution in [3.63, 3.8) is 0 Å². The molecule has 0 radical (unpaired) electrons. The predicted molar refractivity (Wildman–Crippen MR) is 105 cm³/mol. The number of fused-ring (bicyclic) bond motifs is 1. The van der Waals surface area contributed by atoms with Gasteiger partial charge in [0.05, 0.1) is 31.9 Å². The summed E-state index contributed by atoms with van der Waals surface area (Å²) in [6, 6.07) is 11.3. The Hall–Kier alpha value is -3.55. The maximum Gasteiger partial charge on any atom is 0.308 e. The minimum absolute atomic E-state index is 0.0236. The maximum absolute atomic E-state index is 12.8. The van der Waals surface area contributed by atoms with Gasteiger partial charge in [-0.3, -0.25) is 14.4 Å². The van der Waals surface area contributed by atoms with Crippen LogP contribution in [-0.4, -0.2) is 38.1 Å². The second-order valence-electron chi connectivity index (χ2n) is 6.36. The second-order valence-corrected chi connectivity index (χ2v) is 6.36. The van der Waals surface area contributed by atoms with Gasteiger partial charge in [0, 0.05) is 5.56 Å². The van der Waals surface area contributed by atoms with Crippen molar-refractivity contribution in [2.75, 3.05) is 25.6 Å². The first-order valence-corrected chi connectivity index (χ1v) is 9.17. The van der Waals surface area contributed by atoms with Gasteiger partial charge < -0.3 is 24.8 Å². The molecule has 0 saturated carbocycles. The highest BCUT2D eigenvalue weighted by Crippen LogP contribution is 2.29. The molecule has 0 aliphatic carbocycles. The highest BCUT2D eigenvalue weighted by Gasteiger charge is 2.22. The standard InChI is InChI=1S/C21H22N2O6/c1-3-28-20(25)11-17(13-5-4-6-15(9-13)27-2)23-21(26)14-7-8-16-18(10-14)29-12-19(24)22-16/h4-10,17H,3,11-12H2,1-2H3,(H,22,24)(H,23,26)/t17-/m1/s1. The van der Waals surface area contributed by atoms with E-state index in [9.17, 15) is 14.4 Å². The number of ether oxygens (including phenoxy) is 3. The summed E-state index contributed by atoms with van der Waals surface area (Å²) in [6.07, 6.45) is -0.0236. The van der Waals surface area contributed by atoms with Crippen molar-refractivity contribution in [3.05, 3.63) is 53.6 Å². The van der Waals surface area contributed by atoms with Crippen LogP contribution in [0.25, 0.3) is 0 Å². The fourth-order valence-electron chi connectivity index (χ4n) is 2.95. The van der Waals surface area contributed by atoms with E-state index in [0.717, 1.165) is 0 Å². The van der Waals surface area contributed by atoms with Crippen LogP contribution in [0.4, 0.5) is 5.69 Å². The van der Waals surface area contributed by atoms with Crippen LogP contribution < -0.4 is 20.1 Å². The van der Waals surface area contributed by atoms with Crippen molar-refractivity contribution in [2.45, 2.75) is 19.4 Å². The number of esters is 1. The zero-order chi connectivity index (χ0) is 20.8. The van der Waals surface area contributed by atoms with Gasteiger partial charge in [-0.2, -0.15) is 0 Å². The fraction of sp³-hybridized carbons (Fsp3) is 0.286. The van der Waals surface area contributed by atoms with E-state index in [1.165, 1.54) is 0 Å². The number of nitrogens with one attached hydrogen (secondary N) is 2. The molecule has 8 nitrogen and oxygen atoms in total. The first-order chi connectivity index (χ1) is 14.0. The van der Waals surface area contributed by atoms with E-state index in [2.05, 4.69) is 10.6 Å². The minimum Gasteiger partial charge on any atom is -0.497 e. The molecule has 0 fully saturated rings. The summed E-state index contributed by atoms with van der Waals surface area (Å²) in [7, 11) is 1.55. The SMILES string of the molecule is CCOC(=O)C[C@@H](NC(=O)c1ccc2c(c1)OCC(=O)N2)c1cccc(OC)c1. The number of hydrogen-bond donors (Lipinski definition) is 2. The second kappa shape index (κ2) is 9.09. The van der Waals surface area contributed by atoms with E-state index in [0.29, 0.717) is 28.3 Å². The largest absolute Gasteiger partial charge is 0.497 e. The van der Waals surface area contributed by atoms with Crippen molar-refractivity contribution >= 4 is 23.5 Å². The van der Waals surface area contributed by atoms with E-state index in [1.54, 1.807) is 56.5 Å². The molecule has 1 atom stereocenters. The van der Waals surface area contributed by atoms with Gasteiger partial charge in [0.25, 0.3) is 11.8 Å². The molecule has 1 aliphatic heterocycles. The number of carbonyl (C=O) groups excluding carboxylic acids is 3. The first-order valence-electron chi connectivity index (χ1n) is 9.17. The van der Waals surface area contributed by atoms with Crippen LogP contribution in [0.2, 0.25) is 0 Å². The topological polar surface area (TPSA) is 103 Å². The zero-order valence-electron chi connectivity index (χ0n) is 16.2. The molecule has 8 heteroatoms. The Bertz CT molecular complexity index is 927. The summed E-state index contributed by atoms with van der Waals surface area (Å²) in [5.74, 6) is -0.0196.